The van der Waals surface area contributed by atoms with Gasteiger partial charge in [0.05, 0.1) is 17.1 Å². The van der Waals surface area contributed by atoms with E-state index in [2.05, 4.69) is 4.40 Å². The third-order valence-electron chi connectivity index (χ3n) is 3.17. The van der Waals surface area contributed by atoms with E-state index in [9.17, 15) is 9.00 Å². The SMILES string of the molecule is CCOC(=O)CCCC/C(=N\[S@@](=O)C(C)(C)C)c1ccccc1. The number of unbranched alkanes of at least 4 members (excludes halogenated alkanes) is 1. The van der Waals surface area contributed by atoms with Gasteiger partial charge in [0, 0.05) is 6.42 Å². The predicted octanol–water partition coefficient (Wildman–Crippen LogP) is 4.06. The van der Waals surface area contributed by atoms with Gasteiger partial charge in [0.15, 0.2) is 0 Å². The third kappa shape index (κ3) is 7.55. The Morgan fingerprint density at radius 1 is 1.13 bits per heavy atom. The van der Waals surface area contributed by atoms with E-state index in [1.165, 1.54) is 0 Å². The first-order valence-electron chi connectivity index (χ1n) is 8.05. The Labute approximate surface area is 141 Å². The van der Waals surface area contributed by atoms with Gasteiger partial charge in [-0.1, -0.05) is 30.3 Å². The maximum absolute atomic E-state index is 12.3. The van der Waals surface area contributed by atoms with E-state index in [4.69, 9.17) is 4.74 Å². The van der Waals surface area contributed by atoms with Crippen molar-refractivity contribution < 1.29 is 13.7 Å². The minimum absolute atomic E-state index is 0.163. The van der Waals surface area contributed by atoms with E-state index < -0.39 is 11.0 Å². The molecule has 0 aliphatic heterocycles. The number of esters is 1. The fraction of sp³-hybridized carbons (Fsp3) is 0.556. The molecule has 4 nitrogen and oxygen atoms in total. The van der Waals surface area contributed by atoms with Gasteiger partial charge in [-0.25, -0.2) is 4.21 Å². The van der Waals surface area contributed by atoms with Crippen molar-refractivity contribution in [2.75, 3.05) is 6.61 Å². The molecule has 0 heterocycles. The van der Waals surface area contributed by atoms with Gasteiger partial charge in [0.2, 0.25) is 0 Å². The van der Waals surface area contributed by atoms with Crippen LogP contribution < -0.4 is 0 Å². The van der Waals surface area contributed by atoms with Crippen molar-refractivity contribution in [3.05, 3.63) is 35.9 Å². The van der Waals surface area contributed by atoms with Gasteiger partial charge in [-0.2, -0.15) is 4.40 Å². The summed E-state index contributed by atoms with van der Waals surface area (Å²) in [6.07, 6.45) is 2.67. The topological polar surface area (TPSA) is 55.7 Å². The molecule has 0 fully saturated rings. The van der Waals surface area contributed by atoms with Gasteiger partial charge in [-0.05, 0) is 52.5 Å². The van der Waals surface area contributed by atoms with E-state index in [1.807, 2.05) is 51.1 Å². The summed E-state index contributed by atoms with van der Waals surface area (Å²) in [6, 6.07) is 9.80. The van der Waals surface area contributed by atoms with Crippen LogP contribution in [0.5, 0.6) is 0 Å². The molecular formula is C18H27NO3S. The summed E-state index contributed by atoms with van der Waals surface area (Å²) in [7, 11) is -1.29. The largest absolute Gasteiger partial charge is 0.466 e. The number of nitrogens with zero attached hydrogens (tertiary/aromatic N) is 1. The molecule has 0 aliphatic carbocycles. The minimum Gasteiger partial charge on any atom is -0.466 e. The highest BCUT2D eigenvalue weighted by atomic mass is 32.2. The first-order chi connectivity index (χ1) is 10.8. The number of benzene rings is 1. The molecule has 1 atom stereocenters. The summed E-state index contributed by atoms with van der Waals surface area (Å²) in [5.74, 6) is -0.163. The lowest BCUT2D eigenvalue weighted by molar-refractivity contribution is -0.143. The number of ether oxygens (including phenoxy) is 1. The Balaban J connectivity index is 2.72. The quantitative estimate of drug-likeness (QED) is 0.408. The van der Waals surface area contributed by atoms with Crippen molar-refractivity contribution in [1.29, 1.82) is 0 Å². The van der Waals surface area contributed by atoms with Crippen LogP contribution in [0.15, 0.2) is 34.7 Å². The molecule has 0 saturated carbocycles. The molecule has 1 rings (SSSR count). The Morgan fingerprint density at radius 2 is 1.74 bits per heavy atom. The summed E-state index contributed by atoms with van der Waals surface area (Å²) >= 11 is 0. The molecule has 0 saturated heterocycles. The Hall–Kier alpha value is -1.49. The second-order valence-corrected chi connectivity index (χ2v) is 8.18. The Bertz CT molecular complexity index is 547. The van der Waals surface area contributed by atoms with Gasteiger partial charge < -0.3 is 4.74 Å². The van der Waals surface area contributed by atoms with Crippen molar-refractivity contribution in [3.8, 4) is 0 Å². The maximum Gasteiger partial charge on any atom is 0.305 e. The molecule has 0 aromatic heterocycles. The molecule has 0 aliphatic rings. The van der Waals surface area contributed by atoms with Crippen molar-refractivity contribution in [2.45, 2.75) is 58.1 Å². The summed E-state index contributed by atoms with van der Waals surface area (Å²) in [5, 5.41) is 0. The molecular weight excluding hydrogens is 310 g/mol. The zero-order chi connectivity index (χ0) is 17.3. The monoisotopic (exact) mass is 337 g/mol. The van der Waals surface area contributed by atoms with Gasteiger partial charge in [-0.15, -0.1) is 0 Å². The highest BCUT2D eigenvalue weighted by molar-refractivity contribution is 7.85. The molecule has 0 spiro atoms. The fourth-order valence-corrected chi connectivity index (χ4v) is 2.58. The highest BCUT2D eigenvalue weighted by Gasteiger charge is 2.20. The van der Waals surface area contributed by atoms with Crippen LogP contribution in [0.1, 0.15) is 58.9 Å². The number of carbonyl (C=O) groups is 1. The molecule has 0 N–H and O–H groups in total. The number of hydrogen-bond acceptors (Lipinski definition) is 3. The third-order valence-corrected chi connectivity index (χ3v) is 4.61. The lowest BCUT2D eigenvalue weighted by atomic mass is 10.0. The molecule has 0 bridgehead atoms. The van der Waals surface area contributed by atoms with Crippen molar-refractivity contribution in [3.63, 3.8) is 0 Å². The van der Waals surface area contributed by atoms with Crippen molar-refractivity contribution in [1.82, 2.24) is 0 Å². The van der Waals surface area contributed by atoms with Crippen molar-refractivity contribution >= 4 is 22.7 Å². The molecule has 1 aromatic carbocycles. The summed E-state index contributed by atoms with van der Waals surface area (Å²) < 4.78 is 21.3. The molecule has 0 radical (unpaired) electrons. The number of carbonyl (C=O) groups excluding carboxylic acids is 1. The summed E-state index contributed by atoms with van der Waals surface area (Å²) in [4.78, 5) is 11.4. The lowest BCUT2D eigenvalue weighted by Gasteiger charge is -2.15. The molecule has 1 aromatic rings. The van der Waals surface area contributed by atoms with Crippen molar-refractivity contribution in [2.24, 2.45) is 4.40 Å². The smallest absolute Gasteiger partial charge is 0.305 e. The lowest BCUT2D eigenvalue weighted by Crippen LogP contribution is -2.21. The molecule has 23 heavy (non-hydrogen) atoms. The van der Waals surface area contributed by atoms with Gasteiger partial charge in [0.1, 0.15) is 11.0 Å². The van der Waals surface area contributed by atoms with Crippen LogP contribution >= 0.6 is 0 Å². The summed E-state index contributed by atoms with van der Waals surface area (Å²) in [6.45, 7) is 7.96. The van der Waals surface area contributed by atoms with E-state index in [-0.39, 0.29) is 10.7 Å². The average Bonchev–Trinajstić information content (AvgIpc) is 2.50. The summed E-state index contributed by atoms with van der Waals surface area (Å²) in [5.41, 5.74) is 1.82. The molecule has 0 unspecified atom stereocenters. The van der Waals surface area contributed by atoms with Crippen LogP contribution in [-0.2, 0) is 20.5 Å². The van der Waals surface area contributed by atoms with E-state index in [0.29, 0.717) is 19.4 Å². The second-order valence-electron chi connectivity index (χ2n) is 6.28. The zero-order valence-corrected chi connectivity index (χ0v) is 15.3. The Morgan fingerprint density at radius 3 is 2.30 bits per heavy atom. The van der Waals surface area contributed by atoms with E-state index in [1.54, 1.807) is 6.92 Å². The molecule has 5 heteroatoms. The minimum atomic E-state index is -1.29. The van der Waals surface area contributed by atoms with Crippen LogP contribution in [0, 0.1) is 0 Å². The average molecular weight is 337 g/mol. The van der Waals surface area contributed by atoms with Crippen LogP contribution in [0.4, 0.5) is 0 Å². The highest BCUT2D eigenvalue weighted by Crippen LogP contribution is 2.17. The van der Waals surface area contributed by atoms with E-state index >= 15 is 0 Å². The normalized spacial score (nSPS) is 13.7. The predicted molar refractivity (Wildman–Crippen MR) is 96.0 cm³/mol. The van der Waals surface area contributed by atoms with Gasteiger partial charge >= 0.3 is 5.97 Å². The van der Waals surface area contributed by atoms with Crippen LogP contribution in [-0.4, -0.2) is 27.2 Å². The fourth-order valence-electron chi connectivity index (χ4n) is 1.91. The Kier molecular flexibility index (Phi) is 8.17. The van der Waals surface area contributed by atoms with Gasteiger partial charge in [-0.3, -0.25) is 4.79 Å². The van der Waals surface area contributed by atoms with Crippen LogP contribution in [0.2, 0.25) is 0 Å². The first-order valence-corrected chi connectivity index (χ1v) is 9.16. The van der Waals surface area contributed by atoms with Crippen LogP contribution in [0.25, 0.3) is 0 Å². The second kappa shape index (κ2) is 9.60. The standard InChI is InChI=1S/C18H27NO3S/c1-5-22-17(20)14-10-9-13-16(15-11-7-6-8-12-15)19-23(21)18(2,3)4/h6-8,11-12H,5,9-10,13-14H2,1-4H3/b19-16+/t23-/m0/s1. The first kappa shape index (κ1) is 19.6. The molecule has 128 valence electrons. The number of rotatable bonds is 8. The van der Waals surface area contributed by atoms with Crippen LogP contribution in [0.3, 0.4) is 0 Å². The zero-order valence-electron chi connectivity index (χ0n) is 14.5. The van der Waals surface area contributed by atoms with Gasteiger partial charge in [0.25, 0.3) is 0 Å². The molecule has 0 amide bonds. The number of hydrogen-bond donors (Lipinski definition) is 0. The van der Waals surface area contributed by atoms with E-state index in [0.717, 1.165) is 24.1 Å². The maximum atomic E-state index is 12.3.